The van der Waals surface area contributed by atoms with Gasteiger partial charge in [-0.2, -0.15) is 0 Å². The van der Waals surface area contributed by atoms with Crippen LogP contribution in [-0.4, -0.2) is 0 Å². The number of rotatable bonds is 5. The van der Waals surface area contributed by atoms with Gasteiger partial charge in [0.2, 0.25) is 0 Å². The highest BCUT2D eigenvalue weighted by Crippen LogP contribution is 2.35. The summed E-state index contributed by atoms with van der Waals surface area (Å²) in [5, 5.41) is 0. The molecule has 0 amide bonds. The highest BCUT2D eigenvalue weighted by molar-refractivity contribution is 5.15. The lowest BCUT2D eigenvalue weighted by molar-refractivity contribution is 0.326. The minimum atomic E-state index is 0.843. The van der Waals surface area contributed by atoms with E-state index in [-0.39, 0.29) is 0 Å². The van der Waals surface area contributed by atoms with Crippen molar-refractivity contribution in [3.05, 3.63) is 24.3 Å². The molecular weight excluding hydrogens is 180 g/mol. The quantitative estimate of drug-likeness (QED) is 0.548. The summed E-state index contributed by atoms with van der Waals surface area (Å²) >= 11 is 0. The van der Waals surface area contributed by atoms with Gasteiger partial charge >= 0.3 is 0 Å². The lowest BCUT2D eigenvalue weighted by Crippen LogP contribution is -2.14. The Balaban J connectivity index is 2.42. The molecule has 1 fully saturated rings. The van der Waals surface area contributed by atoms with Crippen molar-refractivity contribution in [2.45, 2.75) is 58.8 Å². The highest BCUT2D eigenvalue weighted by atomic mass is 14.3. The fourth-order valence-corrected chi connectivity index (χ4v) is 2.92. The van der Waals surface area contributed by atoms with E-state index in [0.717, 1.165) is 18.3 Å². The molecule has 0 heterocycles. The normalized spacial score (nSPS) is 20.7. The predicted molar refractivity (Wildman–Crippen MR) is 68.9 cm³/mol. The predicted octanol–water partition coefficient (Wildman–Crippen LogP) is 5.12. The van der Waals surface area contributed by atoms with Gasteiger partial charge in [0.05, 0.1) is 0 Å². The third kappa shape index (κ3) is 4.24. The van der Waals surface area contributed by atoms with Crippen molar-refractivity contribution in [1.82, 2.24) is 0 Å². The smallest absolute Gasteiger partial charge is 0.0114 e. The molecular formula is C15H26. The van der Waals surface area contributed by atoms with Crippen LogP contribution < -0.4 is 0 Å². The van der Waals surface area contributed by atoms with E-state index in [1.54, 1.807) is 0 Å². The zero-order valence-electron chi connectivity index (χ0n) is 10.5. The molecule has 1 aliphatic carbocycles. The molecule has 0 nitrogen and oxygen atoms in total. The van der Waals surface area contributed by atoms with Gasteiger partial charge in [-0.3, -0.25) is 0 Å². The van der Waals surface area contributed by atoms with E-state index in [1.165, 1.54) is 49.7 Å². The maximum absolute atomic E-state index is 4.13. The monoisotopic (exact) mass is 206 g/mol. The number of hydrogen-bond acceptors (Lipinski definition) is 0. The standard InChI is InChI=1S/C15H26/c1-5-7-14(6-2)11-15-9-12(3)8-13(4)10-15/h14-15H,3-11H2,1-2H3. The van der Waals surface area contributed by atoms with Gasteiger partial charge < -0.3 is 0 Å². The molecule has 0 aromatic rings. The topological polar surface area (TPSA) is 0 Å². The minimum absolute atomic E-state index is 0.843. The van der Waals surface area contributed by atoms with Gasteiger partial charge in [0.15, 0.2) is 0 Å². The van der Waals surface area contributed by atoms with Crippen LogP contribution in [0.1, 0.15) is 58.8 Å². The SMILES string of the molecule is C=C1CC(=C)CC(CC(CC)CCC)C1. The Bertz CT molecular complexity index is 208. The zero-order valence-corrected chi connectivity index (χ0v) is 10.5. The maximum Gasteiger partial charge on any atom is -0.0114 e. The van der Waals surface area contributed by atoms with E-state index in [0.29, 0.717) is 0 Å². The van der Waals surface area contributed by atoms with Gasteiger partial charge in [0, 0.05) is 0 Å². The van der Waals surface area contributed by atoms with Crippen molar-refractivity contribution in [1.29, 1.82) is 0 Å². The summed E-state index contributed by atoms with van der Waals surface area (Å²) in [4.78, 5) is 0. The van der Waals surface area contributed by atoms with Crippen LogP contribution in [0.3, 0.4) is 0 Å². The van der Waals surface area contributed by atoms with Crippen molar-refractivity contribution in [3.8, 4) is 0 Å². The van der Waals surface area contributed by atoms with Crippen LogP contribution in [0.2, 0.25) is 0 Å². The molecule has 0 aromatic heterocycles. The van der Waals surface area contributed by atoms with Crippen LogP contribution in [0.4, 0.5) is 0 Å². The summed E-state index contributed by atoms with van der Waals surface area (Å²) in [6.07, 6.45) is 9.03. The van der Waals surface area contributed by atoms with Crippen LogP contribution in [0.5, 0.6) is 0 Å². The molecule has 0 saturated heterocycles. The second-order valence-electron chi connectivity index (χ2n) is 5.25. The lowest BCUT2D eigenvalue weighted by atomic mass is 9.77. The van der Waals surface area contributed by atoms with Gasteiger partial charge in [-0.1, -0.05) is 57.4 Å². The molecule has 0 spiro atoms. The van der Waals surface area contributed by atoms with Crippen molar-refractivity contribution in [2.75, 3.05) is 0 Å². The van der Waals surface area contributed by atoms with Crippen molar-refractivity contribution in [3.63, 3.8) is 0 Å². The molecule has 1 aliphatic rings. The molecule has 0 N–H and O–H groups in total. The molecule has 0 aromatic carbocycles. The van der Waals surface area contributed by atoms with Crippen molar-refractivity contribution >= 4 is 0 Å². The summed E-state index contributed by atoms with van der Waals surface area (Å²) in [6, 6.07) is 0. The second-order valence-corrected chi connectivity index (χ2v) is 5.25. The largest absolute Gasteiger partial charge is 0.0995 e. The lowest BCUT2D eigenvalue weighted by Gasteiger charge is -2.28. The van der Waals surface area contributed by atoms with E-state index < -0.39 is 0 Å². The summed E-state index contributed by atoms with van der Waals surface area (Å²) in [6.45, 7) is 12.9. The van der Waals surface area contributed by atoms with Crippen LogP contribution >= 0.6 is 0 Å². The van der Waals surface area contributed by atoms with E-state index in [9.17, 15) is 0 Å². The molecule has 0 heteroatoms. The molecule has 1 atom stereocenters. The minimum Gasteiger partial charge on any atom is -0.0995 e. The van der Waals surface area contributed by atoms with Crippen LogP contribution in [0.25, 0.3) is 0 Å². The van der Waals surface area contributed by atoms with Crippen LogP contribution in [0, 0.1) is 11.8 Å². The summed E-state index contributed by atoms with van der Waals surface area (Å²) < 4.78 is 0. The molecule has 1 unspecified atom stereocenters. The molecule has 0 bridgehead atoms. The highest BCUT2D eigenvalue weighted by Gasteiger charge is 2.20. The Kier molecular flexibility index (Phi) is 5.14. The zero-order chi connectivity index (χ0) is 11.3. The molecule has 86 valence electrons. The van der Waals surface area contributed by atoms with Crippen molar-refractivity contribution < 1.29 is 0 Å². The third-order valence-electron chi connectivity index (χ3n) is 3.60. The fraction of sp³-hybridized carbons (Fsp3) is 0.733. The van der Waals surface area contributed by atoms with E-state index >= 15 is 0 Å². The van der Waals surface area contributed by atoms with E-state index in [4.69, 9.17) is 0 Å². The van der Waals surface area contributed by atoms with Gasteiger partial charge in [-0.15, -0.1) is 0 Å². The first-order chi connectivity index (χ1) is 7.15. The van der Waals surface area contributed by atoms with Gasteiger partial charge in [0.25, 0.3) is 0 Å². The molecule has 0 aliphatic heterocycles. The fourth-order valence-electron chi connectivity index (χ4n) is 2.92. The summed E-state index contributed by atoms with van der Waals surface area (Å²) in [5.41, 5.74) is 2.81. The maximum atomic E-state index is 4.13. The van der Waals surface area contributed by atoms with Gasteiger partial charge in [0.1, 0.15) is 0 Å². The second kappa shape index (κ2) is 6.15. The average molecular weight is 206 g/mol. The van der Waals surface area contributed by atoms with Crippen molar-refractivity contribution in [2.24, 2.45) is 11.8 Å². The Hall–Kier alpha value is -0.520. The van der Waals surface area contributed by atoms with Gasteiger partial charge in [-0.25, -0.2) is 0 Å². The summed E-state index contributed by atoms with van der Waals surface area (Å²) in [5.74, 6) is 1.77. The Morgan fingerprint density at radius 3 is 2.27 bits per heavy atom. The molecule has 15 heavy (non-hydrogen) atoms. The van der Waals surface area contributed by atoms with Crippen LogP contribution in [0.15, 0.2) is 24.3 Å². The Morgan fingerprint density at radius 2 is 1.80 bits per heavy atom. The third-order valence-corrected chi connectivity index (χ3v) is 3.60. The van der Waals surface area contributed by atoms with Gasteiger partial charge in [-0.05, 0) is 37.5 Å². The average Bonchev–Trinajstić information content (AvgIpc) is 2.15. The first-order valence-corrected chi connectivity index (χ1v) is 6.49. The number of hydrogen-bond donors (Lipinski definition) is 0. The van der Waals surface area contributed by atoms with E-state index in [1.807, 2.05) is 0 Å². The molecule has 1 rings (SSSR count). The van der Waals surface area contributed by atoms with Crippen LogP contribution in [-0.2, 0) is 0 Å². The first kappa shape index (κ1) is 12.5. The summed E-state index contributed by atoms with van der Waals surface area (Å²) in [7, 11) is 0. The first-order valence-electron chi connectivity index (χ1n) is 6.49. The molecule has 0 radical (unpaired) electrons. The van der Waals surface area contributed by atoms with E-state index in [2.05, 4.69) is 27.0 Å². The number of allylic oxidation sites excluding steroid dienone is 2. The molecule has 1 saturated carbocycles. The Morgan fingerprint density at radius 1 is 1.20 bits per heavy atom. The Labute approximate surface area is 95.5 Å².